The topological polar surface area (TPSA) is 44.4 Å². The maximum absolute atomic E-state index is 12.1. The van der Waals surface area contributed by atoms with Gasteiger partial charge < -0.3 is 15.5 Å². The molecule has 2 rings (SSSR count). The summed E-state index contributed by atoms with van der Waals surface area (Å²) in [6.07, 6.45) is 3.41. The van der Waals surface area contributed by atoms with E-state index in [0.717, 1.165) is 32.6 Å². The number of nitrogens with one attached hydrogen (secondary N) is 2. The molecule has 0 aromatic carbocycles. The van der Waals surface area contributed by atoms with Gasteiger partial charge in [-0.1, -0.05) is 6.42 Å². The normalized spacial score (nSPS) is 32.7. The summed E-state index contributed by atoms with van der Waals surface area (Å²) in [5.41, 5.74) is 0. The predicted molar refractivity (Wildman–Crippen MR) is 59.7 cm³/mol. The molecule has 0 bridgehead atoms. The number of amides is 1. The number of hydrogen-bond donors (Lipinski definition) is 2. The van der Waals surface area contributed by atoms with Crippen molar-refractivity contribution in [2.24, 2.45) is 0 Å². The number of carbonyl (C=O) groups excluding carboxylic acids is 1. The zero-order valence-electron chi connectivity index (χ0n) is 9.46. The molecule has 0 saturated carbocycles. The largest absolute Gasteiger partial charge is 0.339 e. The van der Waals surface area contributed by atoms with E-state index < -0.39 is 0 Å². The van der Waals surface area contributed by atoms with E-state index in [1.807, 2.05) is 4.90 Å². The number of carbonyl (C=O) groups is 1. The van der Waals surface area contributed by atoms with Gasteiger partial charge in [-0.15, -0.1) is 0 Å². The maximum atomic E-state index is 12.1. The molecule has 0 spiro atoms. The fraction of sp³-hybridized carbons (Fsp3) is 0.909. The molecule has 1 amide bonds. The highest BCUT2D eigenvalue weighted by Gasteiger charge is 2.27. The van der Waals surface area contributed by atoms with Crippen LogP contribution in [0, 0.1) is 0 Å². The van der Waals surface area contributed by atoms with Crippen LogP contribution in [0.1, 0.15) is 26.2 Å². The van der Waals surface area contributed by atoms with Crippen LogP contribution in [0.3, 0.4) is 0 Å². The quantitative estimate of drug-likeness (QED) is 0.639. The van der Waals surface area contributed by atoms with Crippen molar-refractivity contribution >= 4 is 5.91 Å². The van der Waals surface area contributed by atoms with Crippen LogP contribution in [0.5, 0.6) is 0 Å². The first-order valence-electron chi connectivity index (χ1n) is 6.03. The van der Waals surface area contributed by atoms with E-state index in [4.69, 9.17) is 0 Å². The summed E-state index contributed by atoms with van der Waals surface area (Å²) in [5.74, 6) is 0.308. The van der Waals surface area contributed by atoms with Gasteiger partial charge >= 0.3 is 0 Å². The average molecular weight is 211 g/mol. The van der Waals surface area contributed by atoms with Crippen LogP contribution in [0.15, 0.2) is 0 Å². The first kappa shape index (κ1) is 10.9. The van der Waals surface area contributed by atoms with Gasteiger partial charge in [0.1, 0.15) is 0 Å². The Morgan fingerprint density at radius 2 is 2.13 bits per heavy atom. The van der Waals surface area contributed by atoms with Crippen LogP contribution in [-0.2, 0) is 4.79 Å². The van der Waals surface area contributed by atoms with Crippen LogP contribution in [-0.4, -0.2) is 49.1 Å². The van der Waals surface area contributed by atoms with Gasteiger partial charge in [0.2, 0.25) is 5.91 Å². The van der Waals surface area contributed by atoms with Crippen LogP contribution in [0.2, 0.25) is 0 Å². The average Bonchev–Trinajstić information content (AvgIpc) is 2.29. The molecule has 4 heteroatoms. The van der Waals surface area contributed by atoms with E-state index in [2.05, 4.69) is 17.6 Å². The van der Waals surface area contributed by atoms with Gasteiger partial charge in [-0.2, -0.15) is 0 Å². The highest BCUT2D eigenvalue weighted by molar-refractivity contribution is 5.82. The van der Waals surface area contributed by atoms with Gasteiger partial charge in [0.15, 0.2) is 0 Å². The standard InChI is InChI=1S/C11H21N3O/c1-9-8-14(7-6-12-9)11(15)10-4-2-3-5-13-10/h9-10,12-13H,2-8H2,1H3/t9-,10-/m1/s1. The van der Waals surface area contributed by atoms with Gasteiger partial charge in [-0.05, 0) is 26.3 Å². The molecule has 2 atom stereocenters. The Morgan fingerprint density at radius 1 is 1.27 bits per heavy atom. The van der Waals surface area contributed by atoms with Crippen LogP contribution in [0.25, 0.3) is 0 Å². The molecule has 0 aromatic rings. The number of piperidine rings is 1. The summed E-state index contributed by atoms with van der Waals surface area (Å²) < 4.78 is 0. The third-order valence-electron chi connectivity index (χ3n) is 3.29. The minimum atomic E-state index is 0.0871. The highest BCUT2D eigenvalue weighted by atomic mass is 16.2. The van der Waals surface area contributed by atoms with E-state index in [0.29, 0.717) is 11.9 Å². The molecule has 86 valence electrons. The van der Waals surface area contributed by atoms with Crippen molar-refractivity contribution < 1.29 is 4.79 Å². The Balaban J connectivity index is 1.88. The van der Waals surface area contributed by atoms with Crippen molar-refractivity contribution in [2.45, 2.75) is 38.3 Å². The van der Waals surface area contributed by atoms with Gasteiger partial charge in [-0.3, -0.25) is 4.79 Å². The molecule has 2 saturated heterocycles. The van der Waals surface area contributed by atoms with Gasteiger partial charge in [0.05, 0.1) is 6.04 Å². The summed E-state index contributed by atoms with van der Waals surface area (Å²) >= 11 is 0. The number of hydrogen-bond acceptors (Lipinski definition) is 3. The van der Waals surface area contributed by atoms with Gasteiger partial charge in [0, 0.05) is 25.7 Å². The molecule has 0 radical (unpaired) electrons. The minimum Gasteiger partial charge on any atom is -0.339 e. The zero-order chi connectivity index (χ0) is 10.7. The van der Waals surface area contributed by atoms with E-state index in [-0.39, 0.29) is 6.04 Å². The summed E-state index contributed by atoms with van der Waals surface area (Å²) in [6.45, 7) is 5.78. The zero-order valence-corrected chi connectivity index (χ0v) is 9.46. The highest BCUT2D eigenvalue weighted by Crippen LogP contribution is 2.11. The first-order chi connectivity index (χ1) is 7.27. The molecule has 2 aliphatic rings. The SMILES string of the molecule is C[C@@H]1CN(C(=O)[C@H]2CCCCN2)CCN1. The summed E-state index contributed by atoms with van der Waals surface area (Å²) in [6, 6.07) is 0.523. The van der Waals surface area contributed by atoms with Gasteiger partial charge in [0.25, 0.3) is 0 Å². The smallest absolute Gasteiger partial charge is 0.239 e. The maximum Gasteiger partial charge on any atom is 0.239 e. The lowest BCUT2D eigenvalue weighted by Gasteiger charge is -2.35. The monoisotopic (exact) mass is 211 g/mol. The second-order valence-electron chi connectivity index (χ2n) is 4.64. The lowest BCUT2D eigenvalue weighted by atomic mass is 10.0. The second kappa shape index (κ2) is 4.94. The molecule has 0 unspecified atom stereocenters. The first-order valence-corrected chi connectivity index (χ1v) is 6.03. The Labute approximate surface area is 91.4 Å². The fourth-order valence-electron chi connectivity index (χ4n) is 2.42. The van der Waals surface area contributed by atoms with Crippen LogP contribution >= 0.6 is 0 Å². The minimum absolute atomic E-state index is 0.0871. The third kappa shape index (κ3) is 2.69. The van der Waals surface area contributed by atoms with Crippen molar-refractivity contribution in [1.29, 1.82) is 0 Å². The molecule has 2 heterocycles. The van der Waals surface area contributed by atoms with Crippen molar-refractivity contribution in [1.82, 2.24) is 15.5 Å². The molecule has 0 aliphatic carbocycles. The van der Waals surface area contributed by atoms with E-state index in [9.17, 15) is 4.79 Å². The summed E-state index contributed by atoms with van der Waals surface area (Å²) in [4.78, 5) is 14.1. The molecular formula is C11H21N3O. The Hall–Kier alpha value is -0.610. The molecule has 4 nitrogen and oxygen atoms in total. The summed E-state index contributed by atoms with van der Waals surface area (Å²) in [7, 11) is 0. The molecule has 2 aliphatic heterocycles. The number of nitrogens with zero attached hydrogens (tertiary/aromatic N) is 1. The molecular weight excluding hydrogens is 190 g/mol. The lowest BCUT2D eigenvalue weighted by molar-refractivity contribution is -0.135. The van der Waals surface area contributed by atoms with E-state index >= 15 is 0 Å². The molecule has 15 heavy (non-hydrogen) atoms. The van der Waals surface area contributed by atoms with E-state index in [1.165, 1.54) is 12.8 Å². The predicted octanol–water partition coefficient (Wildman–Crippen LogP) is -0.0512. The Kier molecular flexibility index (Phi) is 3.59. The number of piperazine rings is 1. The lowest BCUT2D eigenvalue weighted by Crippen LogP contribution is -2.56. The van der Waals surface area contributed by atoms with Crippen LogP contribution < -0.4 is 10.6 Å². The molecule has 2 N–H and O–H groups in total. The van der Waals surface area contributed by atoms with Crippen molar-refractivity contribution in [3.8, 4) is 0 Å². The number of rotatable bonds is 1. The summed E-state index contributed by atoms with van der Waals surface area (Å²) in [5, 5.41) is 6.67. The molecule has 0 aromatic heterocycles. The van der Waals surface area contributed by atoms with Crippen LogP contribution in [0.4, 0.5) is 0 Å². The van der Waals surface area contributed by atoms with E-state index in [1.54, 1.807) is 0 Å². The van der Waals surface area contributed by atoms with Crippen molar-refractivity contribution in [2.75, 3.05) is 26.2 Å². The second-order valence-corrected chi connectivity index (χ2v) is 4.64. The van der Waals surface area contributed by atoms with Crippen molar-refractivity contribution in [3.63, 3.8) is 0 Å². The Morgan fingerprint density at radius 3 is 2.80 bits per heavy atom. The third-order valence-corrected chi connectivity index (χ3v) is 3.29. The van der Waals surface area contributed by atoms with Crippen molar-refractivity contribution in [3.05, 3.63) is 0 Å². The Bertz CT molecular complexity index is 226. The van der Waals surface area contributed by atoms with Gasteiger partial charge in [-0.25, -0.2) is 0 Å². The fourth-order valence-corrected chi connectivity index (χ4v) is 2.42. The molecule has 2 fully saturated rings.